The minimum Gasteiger partial charge on any atom is -0.325 e. The summed E-state index contributed by atoms with van der Waals surface area (Å²) in [6.07, 6.45) is 0. The number of carbonyl (C=O) groups is 1. The van der Waals surface area contributed by atoms with Crippen molar-refractivity contribution in [1.82, 2.24) is 14.8 Å². The molecule has 24 heavy (non-hydrogen) atoms. The fourth-order valence-electron chi connectivity index (χ4n) is 2.20. The van der Waals surface area contributed by atoms with Crippen LogP contribution in [0.25, 0.3) is 10.7 Å². The van der Waals surface area contributed by atoms with Gasteiger partial charge in [0.05, 0.1) is 10.1 Å². The molecule has 1 amide bonds. The maximum absolute atomic E-state index is 12.4. The molecule has 0 aliphatic carbocycles. The molecular weight excluding hydrogens is 340 g/mol. The van der Waals surface area contributed by atoms with Crippen molar-refractivity contribution in [3.05, 3.63) is 47.3 Å². The zero-order valence-electron chi connectivity index (χ0n) is 13.7. The lowest BCUT2D eigenvalue weighted by atomic mass is 10.2. The molecule has 0 spiro atoms. The van der Waals surface area contributed by atoms with Gasteiger partial charge in [-0.15, -0.1) is 21.5 Å². The van der Waals surface area contributed by atoms with Crippen molar-refractivity contribution >= 4 is 34.7 Å². The average Bonchev–Trinajstić information content (AvgIpc) is 3.20. The summed E-state index contributed by atoms with van der Waals surface area (Å²) in [5.74, 6) is 0.772. The van der Waals surface area contributed by atoms with Crippen molar-refractivity contribution in [2.45, 2.75) is 24.3 Å². The van der Waals surface area contributed by atoms with Crippen LogP contribution in [0.3, 0.4) is 0 Å². The lowest BCUT2D eigenvalue weighted by Gasteiger charge is -2.13. The predicted molar refractivity (Wildman–Crippen MR) is 99.4 cm³/mol. The van der Waals surface area contributed by atoms with Gasteiger partial charge in [0.2, 0.25) is 5.91 Å². The lowest BCUT2D eigenvalue weighted by molar-refractivity contribution is -0.115. The van der Waals surface area contributed by atoms with Crippen LogP contribution < -0.4 is 5.32 Å². The van der Waals surface area contributed by atoms with Gasteiger partial charge in [0.25, 0.3) is 0 Å². The molecule has 3 aromatic rings. The van der Waals surface area contributed by atoms with Crippen LogP contribution in [-0.4, -0.2) is 25.9 Å². The van der Waals surface area contributed by atoms with E-state index in [0.717, 1.165) is 27.1 Å². The van der Waals surface area contributed by atoms with Crippen LogP contribution in [0, 0.1) is 6.92 Å². The third-order valence-electron chi connectivity index (χ3n) is 3.63. The van der Waals surface area contributed by atoms with Crippen molar-refractivity contribution in [3.63, 3.8) is 0 Å². The Labute approximate surface area is 149 Å². The summed E-state index contributed by atoms with van der Waals surface area (Å²) in [5.41, 5.74) is 1.88. The highest BCUT2D eigenvalue weighted by Crippen LogP contribution is 2.28. The van der Waals surface area contributed by atoms with E-state index in [1.807, 2.05) is 67.2 Å². The Balaban J connectivity index is 1.70. The van der Waals surface area contributed by atoms with E-state index in [1.165, 1.54) is 11.8 Å². The molecule has 124 valence electrons. The van der Waals surface area contributed by atoms with E-state index in [1.54, 1.807) is 11.3 Å². The number of nitrogens with one attached hydrogen (secondary N) is 1. The predicted octanol–water partition coefficient (Wildman–Crippen LogP) is 3.97. The quantitative estimate of drug-likeness (QED) is 0.701. The highest BCUT2D eigenvalue weighted by molar-refractivity contribution is 8.00. The SMILES string of the molecule is Cc1ccccc1NC(=O)C(C)Sc1nnc(-c2cccs2)n1C. The first-order valence-corrected chi connectivity index (χ1v) is 9.28. The van der Waals surface area contributed by atoms with Crippen LogP contribution in [-0.2, 0) is 11.8 Å². The number of amides is 1. The number of thioether (sulfide) groups is 1. The zero-order chi connectivity index (χ0) is 17.1. The number of hydrogen-bond donors (Lipinski definition) is 1. The van der Waals surface area contributed by atoms with Gasteiger partial charge in [0, 0.05) is 12.7 Å². The second-order valence-electron chi connectivity index (χ2n) is 5.41. The highest BCUT2D eigenvalue weighted by Gasteiger charge is 2.20. The first-order valence-electron chi connectivity index (χ1n) is 7.52. The summed E-state index contributed by atoms with van der Waals surface area (Å²) in [7, 11) is 1.92. The number of thiophene rings is 1. The van der Waals surface area contributed by atoms with Crippen LogP contribution in [0.2, 0.25) is 0 Å². The fourth-order valence-corrected chi connectivity index (χ4v) is 3.76. The van der Waals surface area contributed by atoms with E-state index in [2.05, 4.69) is 15.5 Å². The van der Waals surface area contributed by atoms with Crippen LogP contribution in [0.4, 0.5) is 5.69 Å². The number of aromatic nitrogens is 3. The molecule has 0 saturated heterocycles. The van der Waals surface area contributed by atoms with E-state index in [0.29, 0.717) is 0 Å². The number of hydrogen-bond acceptors (Lipinski definition) is 5. The summed E-state index contributed by atoms with van der Waals surface area (Å²) in [5, 5.41) is 13.9. The molecule has 2 heterocycles. The summed E-state index contributed by atoms with van der Waals surface area (Å²) >= 11 is 3.02. The highest BCUT2D eigenvalue weighted by atomic mass is 32.2. The first kappa shape index (κ1) is 16.7. The Morgan fingerprint density at radius 2 is 2.04 bits per heavy atom. The molecular formula is C17H18N4OS2. The molecule has 5 nitrogen and oxygen atoms in total. The Kier molecular flexibility index (Phi) is 5.01. The maximum Gasteiger partial charge on any atom is 0.237 e. The molecule has 1 aromatic carbocycles. The molecule has 3 rings (SSSR count). The Hall–Kier alpha value is -2.12. The van der Waals surface area contributed by atoms with E-state index in [-0.39, 0.29) is 11.2 Å². The van der Waals surface area contributed by atoms with Crippen LogP contribution >= 0.6 is 23.1 Å². The molecule has 0 bridgehead atoms. The lowest BCUT2D eigenvalue weighted by Crippen LogP contribution is -2.23. The topological polar surface area (TPSA) is 59.8 Å². The first-order chi connectivity index (χ1) is 11.6. The number of nitrogens with zero attached hydrogens (tertiary/aromatic N) is 3. The minimum absolute atomic E-state index is 0.0463. The number of aryl methyl sites for hydroxylation is 1. The molecule has 7 heteroatoms. The van der Waals surface area contributed by atoms with Gasteiger partial charge in [-0.3, -0.25) is 4.79 Å². The van der Waals surface area contributed by atoms with Gasteiger partial charge in [-0.25, -0.2) is 0 Å². The molecule has 0 aliphatic rings. The number of carbonyl (C=O) groups excluding carboxylic acids is 1. The van der Waals surface area contributed by atoms with Crippen LogP contribution in [0.1, 0.15) is 12.5 Å². The van der Waals surface area contributed by atoms with Gasteiger partial charge in [-0.1, -0.05) is 36.0 Å². The number of para-hydroxylation sites is 1. The van der Waals surface area contributed by atoms with E-state index >= 15 is 0 Å². The molecule has 0 fully saturated rings. The Morgan fingerprint density at radius 3 is 2.75 bits per heavy atom. The molecule has 1 atom stereocenters. The zero-order valence-corrected chi connectivity index (χ0v) is 15.3. The normalized spacial score (nSPS) is 12.1. The van der Waals surface area contributed by atoms with Crippen molar-refractivity contribution < 1.29 is 4.79 Å². The maximum atomic E-state index is 12.4. The van der Waals surface area contributed by atoms with E-state index in [9.17, 15) is 4.79 Å². The number of anilines is 1. The van der Waals surface area contributed by atoms with Crippen molar-refractivity contribution in [2.75, 3.05) is 5.32 Å². The van der Waals surface area contributed by atoms with Gasteiger partial charge in [-0.2, -0.15) is 0 Å². The monoisotopic (exact) mass is 358 g/mol. The fraction of sp³-hybridized carbons (Fsp3) is 0.235. The number of rotatable bonds is 5. The average molecular weight is 358 g/mol. The van der Waals surface area contributed by atoms with E-state index in [4.69, 9.17) is 0 Å². The summed E-state index contributed by atoms with van der Waals surface area (Å²) in [4.78, 5) is 13.5. The van der Waals surface area contributed by atoms with Crippen molar-refractivity contribution in [2.24, 2.45) is 7.05 Å². The molecule has 0 aliphatic heterocycles. The molecule has 1 N–H and O–H groups in total. The Bertz CT molecular complexity index is 842. The van der Waals surface area contributed by atoms with Gasteiger partial charge < -0.3 is 9.88 Å². The largest absolute Gasteiger partial charge is 0.325 e. The van der Waals surface area contributed by atoms with Crippen LogP contribution in [0.15, 0.2) is 46.9 Å². The summed E-state index contributed by atoms with van der Waals surface area (Å²) in [6, 6.07) is 11.7. The molecule has 0 radical (unpaired) electrons. The van der Waals surface area contributed by atoms with Gasteiger partial charge >= 0.3 is 0 Å². The van der Waals surface area contributed by atoms with Crippen LogP contribution in [0.5, 0.6) is 0 Å². The third-order valence-corrected chi connectivity index (χ3v) is 5.63. The summed E-state index contributed by atoms with van der Waals surface area (Å²) < 4.78 is 1.92. The second kappa shape index (κ2) is 7.19. The Morgan fingerprint density at radius 1 is 1.25 bits per heavy atom. The smallest absolute Gasteiger partial charge is 0.237 e. The second-order valence-corrected chi connectivity index (χ2v) is 7.66. The third kappa shape index (κ3) is 3.52. The van der Waals surface area contributed by atoms with E-state index < -0.39 is 0 Å². The molecule has 2 aromatic heterocycles. The molecule has 0 saturated carbocycles. The molecule has 1 unspecified atom stereocenters. The van der Waals surface area contributed by atoms with Gasteiger partial charge in [0.15, 0.2) is 11.0 Å². The number of benzene rings is 1. The van der Waals surface area contributed by atoms with Gasteiger partial charge in [-0.05, 0) is 36.9 Å². The summed E-state index contributed by atoms with van der Waals surface area (Å²) in [6.45, 7) is 3.85. The van der Waals surface area contributed by atoms with Crippen molar-refractivity contribution in [1.29, 1.82) is 0 Å². The minimum atomic E-state index is -0.274. The standard InChI is InChI=1S/C17H18N4OS2/c1-11-7-4-5-8-13(11)18-16(22)12(2)24-17-20-19-15(21(17)3)14-9-6-10-23-14/h4-10,12H,1-3H3,(H,18,22). The van der Waals surface area contributed by atoms with Crippen molar-refractivity contribution in [3.8, 4) is 10.7 Å². The van der Waals surface area contributed by atoms with Gasteiger partial charge in [0.1, 0.15) is 0 Å².